The van der Waals surface area contributed by atoms with E-state index in [0.717, 1.165) is 5.56 Å². The van der Waals surface area contributed by atoms with E-state index in [0.29, 0.717) is 35.9 Å². The SMILES string of the molecule is Cc1cnc(N[C@@H]2CCOC[C@H]2O)nc1-c1cncc(NS(=O)(=O)C(C)C)c1. The highest BCUT2D eigenvalue weighted by atomic mass is 32.2. The smallest absolute Gasteiger partial charge is 0.235 e. The number of anilines is 2. The number of aryl methyl sites for hydroxylation is 1. The summed E-state index contributed by atoms with van der Waals surface area (Å²) in [7, 11) is -3.47. The van der Waals surface area contributed by atoms with Gasteiger partial charge in [-0.05, 0) is 38.8 Å². The molecule has 1 saturated heterocycles. The third-order valence-corrected chi connectivity index (χ3v) is 6.27. The zero-order valence-electron chi connectivity index (χ0n) is 16.1. The summed E-state index contributed by atoms with van der Waals surface area (Å²) in [6.07, 6.45) is 4.79. The monoisotopic (exact) mass is 407 g/mol. The van der Waals surface area contributed by atoms with Crippen LogP contribution < -0.4 is 10.0 Å². The molecule has 1 aliphatic heterocycles. The molecule has 3 rings (SSSR count). The van der Waals surface area contributed by atoms with Gasteiger partial charge in [-0.3, -0.25) is 9.71 Å². The topological polar surface area (TPSA) is 126 Å². The molecule has 28 heavy (non-hydrogen) atoms. The Hall–Kier alpha value is -2.30. The van der Waals surface area contributed by atoms with Gasteiger partial charge in [0.1, 0.15) is 0 Å². The van der Waals surface area contributed by atoms with Gasteiger partial charge in [-0.15, -0.1) is 0 Å². The van der Waals surface area contributed by atoms with E-state index >= 15 is 0 Å². The molecule has 2 aromatic heterocycles. The first-order valence-corrected chi connectivity index (χ1v) is 10.6. The van der Waals surface area contributed by atoms with Crippen molar-refractivity contribution in [2.45, 2.75) is 44.6 Å². The molecule has 0 saturated carbocycles. The van der Waals surface area contributed by atoms with Crippen LogP contribution in [-0.4, -0.2) is 59.1 Å². The predicted molar refractivity (Wildman–Crippen MR) is 107 cm³/mol. The minimum atomic E-state index is -3.47. The minimum absolute atomic E-state index is 0.188. The molecule has 0 spiro atoms. The number of ether oxygens (including phenoxy) is 1. The van der Waals surface area contributed by atoms with E-state index in [9.17, 15) is 13.5 Å². The van der Waals surface area contributed by atoms with Crippen LogP contribution in [-0.2, 0) is 14.8 Å². The Labute approximate surface area is 164 Å². The standard InChI is InChI=1S/C18H25N5O4S/c1-11(2)28(25,26)23-14-6-13(8-19-9-14)17-12(3)7-20-18(22-17)21-15-4-5-27-10-16(15)24/h6-9,11,15-16,23-24H,4-5,10H2,1-3H3,(H,20,21,22)/t15-,16-/m1/s1. The molecule has 3 N–H and O–H groups in total. The lowest BCUT2D eigenvalue weighted by Crippen LogP contribution is -2.42. The van der Waals surface area contributed by atoms with E-state index in [1.54, 1.807) is 32.3 Å². The molecule has 2 aromatic rings. The molecule has 0 aliphatic carbocycles. The number of aliphatic hydroxyl groups excluding tert-OH is 1. The molecular formula is C18H25N5O4S. The molecule has 0 radical (unpaired) electrons. The first kappa shape index (κ1) is 20.4. The number of aliphatic hydroxyl groups is 1. The molecule has 3 heterocycles. The fourth-order valence-corrected chi connectivity index (χ4v) is 3.44. The van der Waals surface area contributed by atoms with E-state index < -0.39 is 21.4 Å². The number of hydrogen-bond acceptors (Lipinski definition) is 8. The molecule has 0 bridgehead atoms. The van der Waals surface area contributed by atoms with Crippen molar-refractivity contribution in [3.8, 4) is 11.3 Å². The molecule has 0 amide bonds. The average molecular weight is 407 g/mol. The summed E-state index contributed by atoms with van der Waals surface area (Å²) in [5.74, 6) is 0.389. The zero-order valence-corrected chi connectivity index (χ0v) is 16.9. The fourth-order valence-electron chi connectivity index (χ4n) is 2.77. The number of pyridine rings is 1. The summed E-state index contributed by atoms with van der Waals surface area (Å²) in [6.45, 7) is 5.93. The lowest BCUT2D eigenvalue weighted by atomic mass is 10.1. The summed E-state index contributed by atoms with van der Waals surface area (Å²) in [5.41, 5.74) is 2.50. The van der Waals surface area contributed by atoms with Gasteiger partial charge in [0.2, 0.25) is 16.0 Å². The van der Waals surface area contributed by atoms with E-state index in [1.165, 1.54) is 6.20 Å². The van der Waals surface area contributed by atoms with Crippen molar-refractivity contribution < 1.29 is 18.3 Å². The van der Waals surface area contributed by atoms with Crippen LogP contribution in [0.2, 0.25) is 0 Å². The van der Waals surface area contributed by atoms with Gasteiger partial charge in [0.25, 0.3) is 0 Å². The maximum absolute atomic E-state index is 12.1. The Kier molecular flexibility index (Phi) is 6.11. The Bertz CT molecular complexity index is 935. The number of nitrogens with one attached hydrogen (secondary N) is 2. The zero-order chi connectivity index (χ0) is 20.3. The highest BCUT2D eigenvalue weighted by molar-refractivity contribution is 7.93. The average Bonchev–Trinajstić information content (AvgIpc) is 2.65. The molecule has 152 valence electrons. The highest BCUT2D eigenvalue weighted by Gasteiger charge is 2.24. The van der Waals surface area contributed by atoms with Crippen molar-refractivity contribution in [3.05, 3.63) is 30.2 Å². The van der Waals surface area contributed by atoms with Gasteiger partial charge >= 0.3 is 0 Å². The predicted octanol–water partition coefficient (Wildman–Crippen LogP) is 1.56. The lowest BCUT2D eigenvalue weighted by Gasteiger charge is -2.28. The van der Waals surface area contributed by atoms with Gasteiger partial charge in [-0.25, -0.2) is 18.4 Å². The molecular weight excluding hydrogens is 382 g/mol. The van der Waals surface area contributed by atoms with Crippen molar-refractivity contribution in [2.75, 3.05) is 23.3 Å². The second-order valence-electron chi connectivity index (χ2n) is 7.07. The van der Waals surface area contributed by atoms with Gasteiger partial charge in [-0.1, -0.05) is 0 Å². The van der Waals surface area contributed by atoms with Gasteiger partial charge in [0, 0.05) is 24.6 Å². The van der Waals surface area contributed by atoms with E-state index in [1.807, 2.05) is 6.92 Å². The largest absolute Gasteiger partial charge is 0.389 e. The first-order chi connectivity index (χ1) is 13.3. The van der Waals surface area contributed by atoms with Crippen molar-refractivity contribution in [1.82, 2.24) is 15.0 Å². The van der Waals surface area contributed by atoms with Crippen LogP contribution in [0.4, 0.5) is 11.6 Å². The normalized spacial score (nSPS) is 20.2. The molecule has 2 atom stereocenters. The molecule has 0 unspecified atom stereocenters. The summed E-state index contributed by atoms with van der Waals surface area (Å²) in [4.78, 5) is 13.0. The number of rotatable bonds is 6. The maximum Gasteiger partial charge on any atom is 0.235 e. The van der Waals surface area contributed by atoms with Crippen LogP contribution in [0.3, 0.4) is 0 Å². The van der Waals surface area contributed by atoms with Crippen LogP contribution in [0.15, 0.2) is 24.7 Å². The van der Waals surface area contributed by atoms with Crippen LogP contribution >= 0.6 is 0 Å². The third kappa shape index (κ3) is 4.75. The van der Waals surface area contributed by atoms with E-state index in [4.69, 9.17) is 4.74 Å². The number of nitrogens with zero attached hydrogens (tertiary/aromatic N) is 3. The summed E-state index contributed by atoms with van der Waals surface area (Å²) >= 11 is 0. The first-order valence-electron chi connectivity index (χ1n) is 9.09. The summed E-state index contributed by atoms with van der Waals surface area (Å²) < 4.78 is 32.0. The molecule has 1 fully saturated rings. The van der Waals surface area contributed by atoms with E-state index in [-0.39, 0.29) is 12.6 Å². The van der Waals surface area contributed by atoms with Crippen molar-refractivity contribution in [3.63, 3.8) is 0 Å². The molecule has 0 aromatic carbocycles. The Balaban J connectivity index is 1.86. The highest BCUT2D eigenvalue weighted by Crippen LogP contribution is 2.25. The Morgan fingerprint density at radius 3 is 2.79 bits per heavy atom. The summed E-state index contributed by atoms with van der Waals surface area (Å²) in [6, 6.07) is 1.50. The summed E-state index contributed by atoms with van der Waals surface area (Å²) in [5, 5.41) is 12.6. The van der Waals surface area contributed by atoms with Crippen molar-refractivity contribution in [1.29, 1.82) is 0 Å². The second-order valence-corrected chi connectivity index (χ2v) is 9.30. The number of aromatic nitrogens is 3. The maximum atomic E-state index is 12.1. The van der Waals surface area contributed by atoms with Crippen LogP contribution in [0.1, 0.15) is 25.8 Å². The number of sulfonamides is 1. The molecule has 10 heteroatoms. The second kappa shape index (κ2) is 8.38. The quantitative estimate of drug-likeness (QED) is 0.658. The fraction of sp³-hybridized carbons (Fsp3) is 0.500. The Morgan fingerprint density at radius 1 is 1.29 bits per heavy atom. The van der Waals surface area contributed by atoms with Gasteiger partial charge < -0.3 is 15.2 Å². The van der Waals surface area contributed by atoms with Crippen molar-refractivity contribution in [2.24, 2.45) is 0 Å². The van der Waals surface area contributed by atoms with Gasteiger partial charge in [0.15, 0.2) is 0 Å². The third-order valence-electron chi connectivity index (χ3n) is 4.50. The van der Waals surface area contributed by atoms with Crippen LogP contribution in [0.25, 0.3) is 11.3 Å². The van der Waals surface area contributed by atoms with Gasteiger partial charge in [0.05, 0.1) is 41.6 Å². The van der Waals surface area contributed by atoms with Crippen LogP contribution in [0, 0.1) is 6.92 Å². The van der Waals surface area contributed by atoms with E-state index in [2.05, 4.69) is 25.0 Å². The molecule has 1 aliphatic rings. The Morgan fingerprint density at radius 2 is 2.07 bits per heavy atom. The lowest BCUT2D eigenvalue weighted by molar-refractivity contribution is -0.0136. The molecule has 9 nitrogen and oxygen atoms in total. The van der Waals surface area contributed by atoms with Crippen molar-refractivity contribution >= 4 is 21.7 Å². The van der Waals surface area contributed by atoms with Gasteiger partial charge in [-0.2, -0.15) is 0 Å². The minimum Gasteiger partial charge on any atom is -0.389 e. The number of hydrogen-bond donors (Lipinski definition) is 3. The van der Waals surface area contributed by atoms with Crippen LogP contribution in [0.5, 0.6) is 0 Å².